The van der Waals surface area contributed by atoms with Crippen molar-refractivity contribution in [3.8, 4) is 5.75 Å². The summed E-state index contributed by atoms with van der Waals surface area (Å²) < 4.78 is 13.7. The van der Waals surface area contributed by atoms with E-state index >= 15 is 0 Å². The molecule has 0 aliphatic carbocycles. The fourth-order valence-electron chi connectivity index (χ4n) is 3.67. The first-order valence-corrected chi connectivity index (χ1v) is 12.6. The molecule has 8 heteroatoms. The molecule has 0 fully saturated rings. The van der Waals surface area contributed by atoms with Gasteiger partial charge in [-0.3, -0.25) is 4.79 Å². The number of carbonyl (C=O) groups is 1. The van der Waals surface area contributed by atoms with Crippen LogP contribution in [0.2, 0.25) is 0 Å². The maximum Gasteiger partial charge on any atom is 0.277 e. The van der Waals surface area contributed by atoms with Gasteiger partial charge in [-0.15, -0.1) is 21.5 Å². The van der Waals surface area contributed by atoms with Crippen LogP contribution in [0.3, 0.4) is 0 Å². The number of rotatable bonds is 10. The number of thiophene rings is 1. The minimum absolute atomic E-state index is 0.0573. The molecule has 0 atom stereocenters. The number of hydrogen-bond acceptors (Lipinski definition) is 7. The van der Waals surface area contributed by atoms with Crippen LogP contribution in [0.15, 0.2) is 51.4 Å². The Kier molecular flexibility index (Phi) is 7.35. The molecule has 3 heterocycles. The third-order valence-electron chi connectivity index (χ3n) is 5.51. The number of ether oxygens (including phenoxy) is 1. The summed E-state index contributed by atoms with van der Waals surface area (Å²) in [5.41, 5.74) is 5.03. The van der Waals surface area contributed by atoms with Crippen LogP contribution in [-0.4, -0.2) is 26.3 Å². The second-order valence-corrected chi connectivity index (χ2v) is 9.96. The molecule has 1 aromatic carbocycles. The van der Waals surface area contributed by atoms with E-state index in [-0.39, 0.29) is 18.1 Å². The maximum atomic E-state index is 12.9. The minimum atomic E-state index is 0.0573. The molecule has 0 spiro atoms. The average molecular weight is 482 g/mol. The monoisotopic (exact) mass is 481 g/mol. The third-order valence-corrected chi connectivity index (χ3v) is 7.26. The Morgan fingerprint density at radius 1 is 1.15 bits per heavy atom. The van der Waals surface area contributed by atoms with Gasteiger partial charge in [-0.2, -0.15) is 0 Å². The van der Waals surface area contributed by atoms with E-state index in [0.717, 1.165) is 46.8 Å². The molecule has 0 unspecified atom stereocenters. The molecular weight excluding hydrogens is 454 g/mol. The summed E-state index contributed by atoms with van der Waals surface area (Å²) in [6, 6.07) is 12.2. The summed E-state index contributed by atoms with van der Waals surface area (Å²) in [6.07, 6.45) is 0.964. The van der Waals surface area contributed by atoms with Crippen molar-refractivity contribution in [1.29, 1.82) is 0 Å². The molecule has 33 heavy (non-hydrogen) atoms. The van der Waals surface area contributed by atoms with Crippen molar-refractivity contribution in [2.24, 2.45) is 0 Å². The zero-order chi connectivity index (χ0) is 23.4. The lowest BCUT2D eigenvalue weighted by Crippen LogP contribution is -2.08. The fraction of sp³-hybridized carbons (Fsp3) is 0.320. The van der Waals surface area contributed by atoms with Crippen LogP contribution in [0.5, 0.6) is 5.75 Å². The molecule has 4 rings (SSSR count). The average Bonchev–Trinajstić information content (AvgIpc) is 3.53. The Morgan fingerprint density at radius 3 is 2.79 bits per heavy atom. The van der Waals surface area contributed by atoms with Crippen molar-refractivity contribution in [3.63, 3.8) is 0 Å². The predicted molar refractivity (Wildman–Crippen MR) is 132 cm³/mol. The number of aromatic nitrogens is 3. The summed E-state index contributed by atoms with van der Waals surface area (Å²) in [4.78, 5) is 14.2. The maximum absolute atomic E-state index is 12.9. The molecular formula is C25H27N3O3S2. The molecule has 0 amide bonds. The van der Waals surface area contributed by atoms with Gasteiger partial charge in [-0.1, -0.05) is 30.0 Å². The van der Waals surface area contributed by atoms with Gasteiger partial charge < -0.3 is 13.7 Å². The molecule has 172 valence electrons. The number of hydrogen-bond donors (Lipinski definition) is 0. The highest BCUT2D eigenvalue weighted by Gasteiger charge is 2.18. The van der Waals surface area contributed by atoms with E-state index in [9.17, 15) is 4.79 Å². The lowest BCUT2D eigenvalue weighted by Gasteiger charge is -2.09. The van der Waals surface area contributed by atoms with Gasteiger partial charge in [0.1, 0.15) is 5.75 Å². The van der Waals surface area contributed by atoms with Crippen LogP contribution in [0.4, 0.5) is 0 Å². The molecule has 0 saturated heterocycles. The summed E-state index contributed by atoms with van der Waals surface area (Å²) in [5, 5.41) is 10.6. The number of benzene rings is 1. The van der Waals surface area contributed by atoms with E-state index in [1.54, 1.807) is 11.3 Å². The summed E-state index contributed by atoms with van der Waals surface area (Å²) in [7, 11) is 0. The summed E-state index contributed by atoms with van der Waals surface area (Å²) >= 11 is 3.02. The molecule has 0 N–H and O–H groups in total. The number of carbonyl (C=O) groups excluding carboxylic acids is 1. The number of Topliss-reactive ketones (excluding diaryl/α,β-unsaturated/α-hetero) is 1. The smallest absolute Gasteiger partial charge is 0.277 e. The predicted octanol–water partition coefficient (Wildman–Crippen LogP) is 5.96. The first-order valence-electron chi connectivity index (χ1n) is 10.8. The van der Waals surface area contributed by atoms with Crippen molar-refractivity contribution in [2.45, 2.75) is 52.5 Å². The lowest BCUT2D eigenvalue weighted by atomic mass is 10.1. The number of nitrogens with zero attached hydrogens (tertiary/aromatic N) is 3. The second-order valence-electron chi connectivity index (χ2n) is 8.00. The number of aryl methyl sites for hydroxylation is 4. The SMILES string of the molecule is Cc1ccc(C)c(OCc2nnc(SCC(=O)c3cc(C)n(CCc4cccs4)c3C)o2)c1. The second kappa shape index (κ2) is 10.4. The highest BCUT2D eigenvalue weighted by Crippen LogP contribution is 2.24. The Labute approximate surface area is 202 Å². The Bertz CT molecular complexity index is 1240. The molecule has 3 aromatic heterocycles. The van der Waals surface area contributed by atoms with Crippen LogP contribution in [0.1, 0.15) is 43.6 Å². The fourth-order valence-corrected chi connectivity index (χ4v) is 5.03. The van der Waals surface area contributed by atoms with Gasteiger partial charge in [-0.25, -0.2) is 0 Å². The van der Waals surface area contributed by atoms with Gasteiger partial charge in [0.05, 0.1) is 5.75 Å². The van der Waals surface area contributed by atoms with Gasteiger partial charge in [-0.05, 0) is 68.8 Å². The van der Waals surface area contributed by atoms with Gasteiger partial charge in [0.25, 0.3) is 11.1 Å². The van der Waals surface area contributed by atoms with Crippen molar-refractivity contribution in [3.05, 3.63) is 80.6 Å². The van der Waals surface area contributed by atoms with Gasteiger partial charge in [0.2, 0.25) is 0 Å². The molecule has 4 aromatic rings. The number of thioether (sulfide) groups is 1. The molecule has 0 aliphatic heterocycles. The van der Waals surface area contributed by atoms with Crippen LogP contribution in [0, 0.1) is 27.7 Å². The van der Waals surface area contributed by atoms with Gasteiger partial charge >= 0.3 is 0 Å². The largest absolute Gasteiger partial charge is 0.484 e. The Hall–Kier alpha value is -2.84. The summed E-state index contributed by atoms with van der Waals surface area (Å²) in [5.74, 6) is 1.49. The quantitative estimate of drug-likeness (QED) is 0.205. The first-order chi connectivity index (χ1) is 15.9. The standard InChI is InChI=1S/C25H27N3O3S2/c1-16-7-8-17(2)23(12-16)30-14-24-26-27-25(31-24)33-15-22(29)21-13-18(3)28(19(21)4)10-9-20-6-5-11-32-20/h5-8,11-13H,9-10,14-15H2,1-4H3. The highest BCUT2D eigenvalue weighted by molar-refractivity contribution is 7.99. The summed E-state index contributed by atoms with van der Waals surface area (Å²) in [6.45, 7) is 9.13. The van der Waals surface area contributed by atoms with E-state index < -0.39 is 0 Å². The van der Waals surface area contributed by atoms with E-state index in [1.807, 2.05) is 52.0 Å². The molecule has 6 nitrogen and oxygen atoms in total. The van der Waals surface area contributed by atoms with Crippen LogP contribution in [0.25, 0.3) is 0 Å². The highest BCUT2D eigenvalue weighted by atomic mass is 32.2. The van der Waals surface area contributed by atoms with Crippen molar-refractivity contribution >= 4 is 28.9 Å². The van der Waals surface area contributed by atoms with Crippen molar-refractivity contribution in [1.82, 2.24) is 14.8 Å². The van der Waals surface area contributed by atoms with Crippen LogP contribution >= 0.6 is 23.1 Å². The third kappa shape index (κ3) is 5.75. The van der Waals surface area contributed by atoms with Crippen LogP contribution in [-0.2, 0) is 19.6 Å². The normalized spacial score (nSPS) is 11.2. The van der Waals surface area contributed by atoms with Crippen molar-refractivity contribution in [2.75, 3.05) is 5.75 Å². The minimum Gasteiger partial charge on any atom is -0.484 e. The Morgan fingerprint density at radius 2 is 2.00 bits per heavy atom. The lowest BCUT2D eigenvalue weighted by molar-refractivity contribution is 0.102. The molecule has 0 radical (unpaired) electrons. The number of ketones is 1. The van der Waals surface area contributed by atoms with E-state index in [2.05, 4.69) is 32.3 Å². The van der Waals surface area contributed by atoms with Crippen LogP contribution < -0.4 is 4.74 Å². The van der Waals surface area contributed by atoms with E-state index in [1.165, 1.54) is 16.6 Å². The first kappa shape index (κ1) is 23.3. The molecule has 0 saturated carbocycles. The molecule has 0 bridgehead atoms. The van der Waals surface area contributed by atoms with E-state index in [0.29, 0.717) is 11.1 Å². The van der Waals surface area contributed by atoms with Gasteiger partial charge in [0.15, 0.2) is 12.4 Å². The van der Waals surface area contributed by atoms with Crippen molar-refractivity contribution < 1.29 is 13.9 Å². The van der Waals surface area contributed by atoms with Gasteiger partial charge in [0, 0.05) is 28.4 Å². The topological polar surface area (TPSA) is 70.2 Å². The zero-order valence-corrected chi connectivity index (χ0v) is 20.9. The Balaban J connectivity index is 1.32. The molecule has 0 aliphatic rings. The van der Waals surface area contributed by atoms with E-state index in [4.69, 9.17) is 9.15 Å². The zero-order valence-electron chi connectivity index (χ0n) is 19.3.